The second kappa shape index (κ2) is 9.48. The number of rotatable bonds is 7. The number of carbonyl (C=O) groups excluding carboxylic acids is 2. The van der Waals surface area contributed by atoms with Crippen molar-refractivity contribution >= 4 is 35.0 Å². The molecule has 9 nitrogen and oxygen atoms in total. The fourth-order valence-electron chi connectivity index (χ4n) is 2.89. The van der Waals surface area contributed by atoms with E-state index in [4.69, 9.17) is 8.83 Å². The van der Waals surface area contributed by atoms with E-state index >= 15 is 0 Å². The molecule has 2 N–H and O–H groups in total. The monoisotopic (exact) mass is 449 g/mol. The van der Waals surface area contributed by atoms with E-state index in [0.29, 0.717) is 39.4 Å². The molecule has 0 unspecified atom stereocenters. The molecule has 0 atom stereocenters. The smallest absolute Gasteiger partial charge is 0.234 e. The van der Waals surface area contributed by atoms with Crippen molar-refractivity contribution < 1.29 is 18.4 Å². The van der Waals surface area contributed by atoms with Gasteiger partial charge in [0.2, 0.25) is 17.0 Å². The summed E-state index contributed by atoms with van der Waals surface area (Å²) in [5, 5.41) is 14.2. The Labute approximate surface area is 187 Å². The van der Waals surface area contributed by atoms with E-state index in [2.05, 4.69) is 25.8 Å². The van der Waals surface area contributed by atoms with Crippen LogP contribution in [-0.2, 0) is 9.59 Å². The van der Waals surface area contributed by atoms with Gasteiger partial charge < -0.3 is 19.5 Å². The van der Waals surface area contributed by atoms with Crippen LogP contribution in [0.25, 0.3) is 22.9 Å². The van der Waals surface area contributed by atoms with Crippen molar-refractivity contribution in [2.75, 3.05) is 16.4 Å². The van der Waals surface area contributed by atoms with Crippen LogP contribution in [0.15, 0.2) is 69.0 Å². The van der Waals surface area contributed by atoms with Gasteiger partial charge in [-0.3, -0.25) is 9.59 Å². The number of hydrogen-bond acceptors (Lipinski definition) is 8. The van der Waals surface area contributed by atoms with Gasteiger partial charge in [-0.05, 0) is 48.9 Å². The average Bonchev–Trinajstić information content (AvgIpc) is 3.48. The lowest BCUT2D eigenvalue weighted by Gasteiger charge is -2.10. The largest absolute Gasteiger partial charge is 0.463 e. The van der Waals surface area contributed by atoms with E-state index in [1.807, 2.05) is 13.0 Å². The third kappa shape index (κ3) is 5.03. The highest BCUT2D eigenvalue weighted by Gasteiger charge is 2.18. The molecular formula is C22H19N5O4S. The number of nitrogens with one attached hydrogen (secondary N) is 2. The molecule has 1 aromatic carbocycles. The standard InChI is InChI=1S/C22H19N5O4S/c1-13-7-8-15(11-16(13)23-14(2)28)24-19(29)12-32-22-25-20(17-5-3-9-30-17)21(26-27-22)18-6-4-10-31-18/h3-11H,12H2,1-2H3,(H,23,28)(H,24,29). The molecule has 0 radical (unpaired) electrons. The Morgan fingerprint density at radius 3 is 2.34 bits per heavy atom. The number of nitrogens with zero attached hydrogens (tertiary/aromatic N) is 3. The summed E-state index contributed by atoms with van der Waals surface area (Å²) in [7, 11) is 0. The normalized spacial score (nSPS) is 10.7. The lowest BCUT2D eigenvalue weighted by molar-refractivity contribution is -0.114. The Morgan fingerprint density at radius 2 is 1.69 bits per heavy atom. The Balaban J connectivity index is 1.46. The number of aryl methyl sites for hydroxylation is 1. The van der Waals surface area contributed by atoms with Crippen molar-refractivity contribution in [2.24, 2.45) is 0 Å². The number of furan rings is 2. The van der Waals surface area contributed by atoms with E-state index in [1.165, 1.54) is 6.92 Å². The molecule has 4 aromatic rings. The summed E-state index contributed by atoms with van der Waals surface area (Å²) in [6.45, 7) is 3.31. The summed E-state index contributed by atoms with van der Waals surface area (Å²) in [5.74, 6) is 0.679. The van der Waals surface area contributed by atoms with Crippen LogP contribution in [0.2, 0.25) is 0 Å². The minimum Gasteiger partial charge on any atom is -0.463 e. The van der Waals surface area contributed by atoms with Gasteiger partial charge in [0.1, 0.15) is 5.69 Å². The third-order valence-electron chi connectivity index (χ3n) is 4.34. The second-order valence-electron chi connectivity index (χ2n) is 6.79. The van der Waals surface area contributed by atoms with Crippen LogP contribution in [0.5, 0.6) is 0 Å². The third-order valence-corrected chi connectivity index (χ3v) is 5.18. The highest BCUT2D eigenvalue weighted by molar-refractivity contribution is 7.99. The minimum absolute atomic E-state index is 0.0721. The molecule has 3 heterocycles. The SMILES string of the molecule is CC(=O)Nc1cc(NC(=O)CSc2nnc(-c3ccco3)c(-c3ccco3)n2)ccc1C. The number of anilines is 2. The number of aromatic nitrogens is 3. The van der Waals surface area contributed by atoms with E-state index < -0.39 is 0 Å². The molecule has 0 spiro atoms. The summed E-state index contributed by atoms with van der Waals surface area (Å²) in [6, 6.07) is 12.3. The van der Waals surface area contributed by atoms with Crippen molar-refractivity contribution in [1.82, 2.24) is 15.2 Å². The zero-order valence-corrected chi connectivity index (χ0v) is 18.1. The predicted octanol–water partition coefficient (Wildman–Crippen LogP) is 4.39. The number of benzene rings is 1. The van der Waals surface area contributed by atoms with Gasteiger partial charge in [-0.15, -0.1) is 10.2 Å². The van der Waals surface area contributed by atoms with Gasteiger partial charge in [0, 0.05) is 18.3 Å². The van der Waals surface area contributed by atoms with E-state index in [-0.39, 0.29) is 17.6 Å². The molecule has 0 aliphatic carbocycles. The molecule has 10 heteroatoms. The molecule has 0 aliphatic rings. The number of thioether (sulfide) groups is 1. The van der Waals surface area contributed by atoms with Crippen LogP contribution in [0.4, 0.5) is 11.4 Å². The van der Waals surface area contributed by atoms with Crippen LogP contribution in [-0.4, -0.2) is 32.7 Å². The summed E-state index contributed by atoms with van der Waals surface area (Å²) >= 11 is 1.14. The molecule has 0 fully saturated rings. The Morgan fingerprint density at radius 1 is 0.969 bits per heavy atom. The maximum Gasteiger partial charge on any atom is 0.234 e. The molecule has 4 rings (SSSR count). The van der Waals surface area contributed by atoms with Crippen LogP contribution in [0.1, 0.15) is 12.5 Å². The topological polar surface area (TPSA) is 123 Å². The van der Waals surface area contributed by atoms with Crippen LogP contribution >= 0.6 is 11.8 Å². The van der Waals surface area contributed by atoms with Crippen LogP contribution < -0.4 is 10.6 Å². The van der Waals surface area contributed by atoms with Crippen molar-refractivity contribution in [3.05, 3.63) is 60.6 Å². The van der Waals surface area contributed by atoms with Gasteiger partial charge in [0.15, 0.2) is 17.2 Å². The summed E-state index contributed by atoms with van der Waals surface area (Å²) in [5.41, 5.74) is 3.04. The second-order valence-corrected chi connectivity index (χ2v) is 7.74. The lowest BCUT2D eigenvalue weighted by atomic mass is 10.2. The van der Waals surface area contributed by atoms with Gasteiger partial charge in [0.05, 0.1) is 18.3 Å². The molecule has 162 valence electrons. The first-order valence-electron chi connectivity index (χ1n) is 9.63. The van der Waals surface area contributed by atoms with Crippen molar-refractivity contribution in [2.45, 2.75) is 19.0 Å². The Bertz CT molecular complexity index is 1240. The summed E-state index contributed by atoms with van der Waals surface area (Å²) in [6.07, 6.45) is 3.08. The van der Waals surface area contributed by atoms with Gasteiger partial charge >= 0.3 is 0 Å². The zero-order chi connectivity index (χ0) is 22.5. The van der Waals surface area contributed by atoms with Crippen molar-refractivity contribution in [1.29, 1.82) is 0 Å². The minimum atomic E-state index is -0.245. The summed E-state index contributed by atoms with van der Waals surface area (Å²) < 4.78 is 10.9. The van der Waals surface area contributed by atoms with Crippen molar-refractivity contribution in [3.8, 4) is 22.9 Å². The maximum absolute atomic E-state index is 12.4. The fraction of sp³-hybridized carbons (Fsp3) is 0.136. The zero-order valence-electron chi connectivity index (χ0n) is 17.3. The first-order chi connectivity index (χ1) is 15.5. The number of carbonyl (C=O) groups is 2. The van der Waals surface area contributed by atoms with Gasteiger partial charge in [0.25, 0.3) is 0 Å². The predicted molar refractivity (Wildman–Crippen MR) is 120 cm³/mol. The first-order valence-corrected chi connectivity index (χ1v) is 10.6. The molecule has 0 bridgehead atoms. The van der Waals surface area contributed by atoms with Crippen LogP contribution in [0, 0.1) is 6.92 Å². The number of hydrogen-bond donors (Lipinski definition) is 2. The molecule has 0 saturated heterocycles. The molecule has 0 aliphatic heterocycles. The number of amides is 2. The van der Waals surface area contributed by atoms with Gasteiger partial charge in [-0.2, -0.15) is 0 Å². The Kier molecular flexibility index (Phi) is 6.31. The van der Waals surface area contributed by atoms with E-state index in [1.54, 1.807) is 48.9 Å². The van der Waals surface area contributed by atoms with Gasteiger partial charge in [-0.25, -0.2) is 4.98 Å². The molecule has 32 heavy (non-hydrogen) atoms. The molecule has 0 saturated carbocycles. The van der Waals surface area contributed by atoms with E-state index in [9.17, 15) is 9.59 Å². The molecule has 3 aromatic heterocycles. The van der Waals surface area contributed by atoms with E-state index in [0.717, 1.165) is 17.3 Å². The quantitative estimate of drug-likeness (QED) is 0.398. The highest BCUT2D eigenvalue weighted by atomic mass is 32.2. The Hall–Kier alpha value is -3.92. The average molecular weight is 449 g/mol. The highest BCUT2D eigenvalue weighted by Crippen LogP contribution is 2.30. The maximum atomic E-state index is 12.4. The first kappa shape index (κ1) is 21.3. The molecular weight excluding hydrogens is 430 g/mol. The lowest BCUT2D eigenvalue weighted by Crippen LogP contribution is -2.15. The van der Waals surface area contributed by atoms with Crippen molar-refractivity contribution in [3.63, 3.8) is 0 Å². The van der Waals surface area contributed by atoms with Crippen LogP contribution in [0.3, 0.4) is 0 Å². The molecule has 2 amide bonds. The summed E-state index contributed by atoms with van der Waals surface area (Å²) in [4.78, 5) is 28.3. The fourth-order valence-corrected chi connectivity index (χ4v) is 3.47. The van der Waals surface area contributed by atoms with Gasteiger partial charge in [-0.1, -0.05) is 17.8 Å².